The van der Waals surface area contributed by atoms with Gasteiger partial charge in [0.05, 0.1) is 5.75 Å². The van der Waals surface area contributed by atoms with E-state index in [2.05, 4.69) is 9.97 Å². The van der Waals surface area contributed by atoms with Crippen molar-refractivity contribution < 1.29 is 0 Å². The average molecular weight is 214 g/mol. The Morgan fingerprint density at radius 2 is 2.00 bits per heavy atom. The molecule has 0 N–H and O–H groups in total. The Balaban J connectivity index is 1.91. The van der Waals surface area contributed by atoms with Crippen LogP contribution in [0.25, 0.3) is 0 Å². The zero-order valence-corrected chi connectivity index (χ0v) is 8.59. The predicted octanol–water partition coefficient (Wildman–Crippen LogP) is 2.89. The first-order chi connectivity index (χ1) is 5.95. The van der Waals surface area contributed by atoms with E-state index < -0.39 is 0 Å². The third-order valence-electron chi connectivity index (χ3n) is 1.21. The molecule has 0 amide bonds. The molecule has 0 radical (unpaired) electrons. The minimum absolute atomic E-state index is 0.936. The van der Waals surface area contributed by atoms with Crippen LogP contribution in [0.4, 0.5) is 0 Å². The first kappa shape index (κ1) is 8.22. The Kier molecular flexibility index (Phi) is 2.75. The molecule has 2 rings (SSSR count). The molecule has 0 aliphatic heterocycles. The van der Waals surface area contributed by atoms with Crippen LogP contribution in [-0.2, 0) is 5.75 Å². The second kappa shape index (κ2) is 4.02. The van der Waals surface area contributed by atoms with E-state index in [-0.39, 0.29) is 0 Å². The van der Waals surface area contributed by atoms with Gasteiger partial charge in [0.1, 0.15) is 9.35 Å². The summed E-state index contributed by atoms with van der Waals surface area (Å²) in [6, 6.07) is 0. The van der Waals surface area contributed by atoms with Crippen LogP contribution in [-0.4, -0.2) is 9.97 Å². The number of nitrogens with zero attached hydrogens (tertiary/aromatic N) is 2. The summed E-state index contributed by atoms with van der Waals surface area (Å²) in [5.74, 6) is 0.936. The van der Waals surface area contributed by atoms with Gasteiger partial charge >= 0.3 is 0 Å². The molecule has 0 aliphatic rings. The molecule has 0 aromatic carbocycles. The van der Waals surface area contributed by atoms with Crippen LogP contribution < -0.4 is 0 Å². The van der Waals surface area contributed by atoms with E-state index >= 15 is 0 Å². The monoisotopic (exact) mass is 214 g/mol. The van der Waals surface area contributed by atoms with Gasteiger partial charge in [-0.25, -0.2) is 9.97 Å². The minimum atomic E-state index is 0.936. The van der Waals surface area contributed by atoms with Gasteiger partial charge in [0.25, 0.3) is 0 Å². The lowest BCUT2D eigenvalue weighted by Crippen LogP contribution is -1.75. The molecule has 2 nitrogen and oxygen atoms in total. The van der Waals surface area contributed by atoms with E-state index in [0.29, 0.717) is 0 Å². The SMILES string of the molecule is c1csc(CSc2nccs2)n1. The Bertz CT molecular complexity index is 280. The van der Waals surface area contributed by atoms with Gasteiger partial charge in [0.2, 0.25) is 0 Å². The van der Waals surface area contributed by atoms with Gasteiger partial charge in [-0.2, -0.15) is 0 Å². The second-order valence-electron chi connectivity index (χ2n) is 2.01. The van der Waals surface area contributed by atoms with Gasteiger partial charge in [-0.15, -0.1) is 22.7 Å². The quantitative estimate of drug-likeness (QED) is 0.735. The van der Waals surface area contributed by atoms with Crippen molar-refractivity contribution in [3.05, 3.63) is 28.2 Å². The summed E-state index contributed by atoms with van der Waals surface area (Å²) in [6.45, 7) is 0. The van der Waals surface area contributed by atoms with Crippen molar-refractivity contribution in [1.82, 2.24) is 9.97 Å². The molecule has 2 aromatic rings. The fraction of sp³-hybridized carbons (Fsp3) is 0.143. The van der Waals surface area contributed by atoms with Crippen molar-refractivity contribution in [2.24, 2.45) is 0 Å². The van der Waals surface area contributed by atoms with E-state index in [1.165, 1.54) is 0 Å². The normalized spacial score (nSPS) is 10.3. The molecule has 0 fully saturated rings. The van der Waals surface area contributed by atoms with Crippen LogP contribution in [0.15, 0.2) is 27.5 Å². The minimum Gasteiger partial charge on any atom is -0.249 e. The van der Waals surface area contributed by atoms with E-state index in [0.717, 1.165) is 15.1 Å². The van der Waals surface area contributed by atoms with Gasteiger partial charge in [-0.3, -0.25) is 0 Å². The smallest absolute Gasteiger partial charge is 0.150 e. The third kappa shape index (κ3) is 2.06. The molecule has 0 unspecified atom stereocenters. The van der Waals surface area contributed by atoms with E-state index in [9.17, 15) is 0 Å². The van der Waals surface area contributed by atoms with Crippen molar-refractivity contribution in [3.63, 3.8) is 0 Å². The highest BCUT2D eigenvalue weighted by Gasteiger charge is 1.99. The van der Waals surface area contributed by atoms with Gasteiger partial charge < -0.3 is 0 Å². The molecule has 0 atom stereocenters. The molecule has 5 heteroatoms. The largest absolute Gasteiger partial charge is 0.249 e. The molecule has 0 spiro atoms. The summed E-state index contributed by atoms with van der Waals surface area (Å²) >= 11 is 5.10. The lowest BCUT2D eigenvalue weighted by Gasteiger charge is -1.90. The Hall–Kier alpha value is -0.390. The topological polar surface area (TPSA) is 25.8 Å². The number of thioether (sulfide) groups is 1. The number of rotatable bonds is 3. The predicted molar refractivity (Wildman–Crippen MR) is 53.8 cm³/mol. The maximum Gasteiger partial charge on any atom is 0.150 e. The van der Waals surface area contributed by atoms with Crippen LogP contribution >= 0.6 is 34.4 Å². The van der Waals surface area contributed by atoms with Crippen molar-refractivity contribution in [1.29, 1.82) is 0 Å². The van der Waals surface area contributed by atoms with Gasteiger partial charge in [0, 0.05) is 23.2 Å². The molecule has 0 bridgehead atoms. The second-order valence-corrected chi connectivity index (χ2v) is 5.11. The Labute approximate surface area is 82.7 Å². The highest BCUT2D eigenvalue weighted by atomic mass is 32.2. The Morgan fingerprint density at radius 1 is 1.17 bits per heavy atom. The maximum atomic E-state index is 4.19. The number of hydrogen-bond acceptors (Lipinski definition) is 5. The molecule has 0 aliphatic carbocycles. The van der Waals surface area contributed by atoms with E-state index in [4.69, 9.17) is 0 Å². The zero-order valence-electron chi connectivity index (χ0n) is 6.14. The van der Waals surface area contributed by atoms with E-state index in [1.807, 2.05) is 23.2 Å². The lowest BCUT2D eigenvalue weighted by molar-refractivity contribution is 1.23. The van der Waals surface area contributed by atoms with Crippen molar-refractivity contribution in [2.75, 3.05) is 0 Å². The maximum absolute atomic E-state index is 4.19. The average Bonchev–Trinajstić information content (AvgIpc) is 2.74. The molecule has 0 saturated carbocycles. The van der Waals surface area contributed by atoms with Gasteiger partial charge in [-0.1, -0.05) is 11.8 Å². The van der Waals surface area contributed by atoms with Crippen molar-refractivity contribution >= 4 is 34.4 Å². The van der Waals surface area contributed by atoms with Crippen LogP contribution in [0.2, 0.25) is 0 Å². The number of thiazole rings is 2. The molecular formula is C7H6N2S3. The van der Waals surface area contributed by atoms with Crippen LogP contribution in [0.5, 0.6) is 0 Å². The molecule has 12 heavy (non-hydrogen) atoms. The standard InChI is InChI=1S/C7H6N2S3/c1-3-10-6(8-1)5-12-7-9-2-4-11-7/h1-4H,5H2. The molecule has 2 heterocycles. The Morgan fingerprint density at radius 3 is 2.67 bits per heavy atom. The van der Waals surface area contributed by atoms with Gasteiger partial charge in [-0.05, 0) is 0 Å². The summed E-state index contributed by atoms with van der Waals surface area (Å²) in [5, 5.41) is 5.15. The van der Waals surface area contributed by atoms with Crippen LogP contribution in [0.3, 0.4) is 0 Å². The lowest BCUT2D eigenvalue weighted by atomic mass is 10.8. The van der Waals surface area contributed by atoms with Crippen molar-refractivity contribution in [2.45, 2.75) is 10.1 Å². The van der Waals surface area contributed by atoms with Crippen LogP contribution in [0, 0.1) is 0 Å². The van der Waals surface area contributed by atoms with Gasteiger partial charge in [0.15, 0.2) is 0 Å². The first-order valence-corrected chi connectivity index (χ1v) is 6.10. The fourth-order valence-corrected chi connectivity index (χ4v) is 3.01. The number of aromatic nitrogens is 2. The zero-order chi connectivity index (χ0) is 8.23. The molecule has 2 aromatic heterocycles. The summed E-state index contributed by atoms with van der Waals surface area (Å²) in [7, 11) is 0. The summed E-state index contributed by atoms with van der Waals surface area (Å²) in [4.78, 5) is 8.36. The molecule has 0 saturated heterocycles. The molecular weight excluding hydrogens is 208 g/mol. The van der Waals surface area contributed by atoms with E-state index in [1.54, 1.807) is 34.4 Å². The highest BCUT2D eigenvalue weighted by Crippen LogP contribution is 2.24. The summed E-state index contributed by atoms with van der Waals surface area (Å²) in [5.41, 5.74) is 0. The first-order valence-electron chi connectivity index (χ1n) is 3.36. The van der Waals surface area contributed by atoms with Crippen LogP contribution in [0.1, 0.15) is 5.01 Å². The summed E-state index contributed by atoms with van der Waals surface area (Å²) in [6.07, 6.45) is 3.66. The molecule has 62 valence electrons. The highest BCUT2D eigenvalue weighted by molar-refractivity contribution is 8.00. The third-order valence-corrected chi connectivity index (χ3v) is 4.15. The summed E-state index contributed by atoms with van der Waals surface area (Å²) < 4.78 is 1.12. The fourth-order valence-electron chi connectivity index (χ4n) is 0.729. The van der Waals surface area contributed by atoms with Crippen molar-refractivity contribution in [3.8, 4) is 0 Å². The number of hydrogen-bond donors (Lipinski definition) is 0.